The van der Waals surface area contributed by atoms with Gasteiger partial charge in [0.25, 0.3) is 5.91 Å². The third kappa shape index (κ3) is 7.50. The van der Waals surface area contributed by atoms with Crippen molar-refractivity contribution in [2.75, 3.05) is 0 Å². The van der Waals surface area contributed by atoms with Gasteiger partial charge >= 0.3 is 5.97 Å². The van der Waals surface area contributed by atoms with E-state index in [1.54, 1.807) is 17.6 Å². The van der Waals surface area contributed by atoms with Gasteiger partial charge in [0, 0.05) is 29.9 Å². The maximum Gasteiger partial charge on any atom is 0.336 e. The SMILES string of the molecule is CCCCc1ncc(C(=O)N[C@@H](CC(=O)NO)Cc2ccccc2C)n1Cc1ccc(C(=O)O)c(Br)c1. The van der Waals surface area contributed by atoms with E-state index in [-0.39, 0.29) is 17.9 Å². The number of hydroxylamine groups is 1. The van der Waals surface area contributed by atoms with E-state index in [4.69, 9.17) is 5.21 Å². The molecule has 37 heavy (non-hydrogen) atoms. The molecule has 0 aliphatic carbocycles. The zero-order valence-electron chi connectivity index (χ0n) is 20.8. The van der Waals surface area contributed by atoms with E-state index in [1.807, 2.05) is 35.8 Å². The molecule has 10 heteroatoms. The Morgan fingerprint density at radius 1 is 1.16 bits per heavy atom. The highest BCUT2D eigenvalue weighted by Gasteiger charge is 2.23. The molecule has 2 aromatic carbocycles. The topological polar surface area (TPSA) is 134 Å². The number of carbonyl (C=O) groups excluding carboxylic acids is 2. The van der Waals surface area contributed by atoms with E-state index in [9.17, 15) is 19.5 Å². The number of carboxylic acids is 1. The molecule has 0 saturated heterocycles. The number of halogens is 1. The molecule has 2 amide bonds. The van der Waals surface area contributed by atoms with Gasteiger partial charge in [-0.3, -0.25) is 14.8 Å². The van der Waals surface area contributed by atoms with Gasteiger partial charge in [-0.2, -0.15) is 0 Å². The zero-order valence-corrected chi connectivity index (χ0v) is 22.4. The molecule has 4 N–H and O–H groups in total. The second-order valence-electron chi connectivity index (χ2n) is 8.91. The highest BCUT2D eigenvalue weighted by molar-refractivity contribution is 9.10. The van der Waals surface area contributed by atoms with Crippen LogP contribution in [0.15, 0.2) is 53.1 Å². The standard InChI is InChI=1S/C27H31BrN4O5/c1-3-4-9-24-29-15-23(32(24)16-18-10-11-21(27(35)36)22(28)12-18)26(34)30-20(14-25(33)31-37)13-19-8-6-5-7-17(19)2/h5-8,10-12,15,20,37H,3-4,9,13-14,16H2,1-2H3,(H,30,34)(H,31,33)(H,35,36)/t20-/m1/s1. The van der Waals surface area contributed by atoms with Crippen molar-refractivity contribution >= 4 is 33.7 Å². The van der Waals surface area contributed by atoms with Gasteiger partial charge in [-0.1, -0.05) is 43.7 Å². The number of unbranched alkanes of at least 4 members (excludes halogenated alkanes) is 1. The van der Waals surface area contributed by atoms with Crippen molar-refractivity contribution in [3.05, 3.63) is 86.9 Å². The molecule has 0 spiro atoms. The fourth-order valence-corrected chi connectivity index (χ4v) is 4.72. The van der Waals surface area contributed by atoms with E-state index >= 15 is 0 Å². The second kappa shape index (κ2) is 13.2. The Bertz CT molecular complexity index is 1270. The van der Waals surface area contributed by atoms with Crippen LogP contribution in [-0.2, 0) is 24.2 Å². The van der Waals surface area contributed by atoms with E-state index in [2.05, 4.69) is 33.2 Å². The van der Waals surface area contributed by atoms with Crippen molar-refractivity contribution in [3.63, 3.8) is 0 Å². The Kier molecular flexibility index (Phi) is 9.99. The Hall–Kier alpha value is -3.50. The van der Waals surface area contributed by atoms with Crippen LogP contribution in [0.2, 0.25) is 0 Å². The number of carbonyl (C=O) groups is 3. The molecule has 3 rings (SSSR count). The van der Waals surface area contributed by atoms with Crippen LogP contribution in [-0.4, -0.2) is 43.7 Å². The number of benzene rings is 2. The van der Waals surface area contributed by atoms with Gasteiger partial charge in [-0.15, -0.1) is 0 Å². The maximum absolute atomic E-state index is 13.5. The summed E-state index contributed by atoms with van der Waals surface area (Å²) >= 11 is 3.32. The predicted octanol–water partition coefficient (Wildman–Crippen LogP) is 4.28. The van der Waals surface area contributed by atoms with E-state index in [1.165, 1.54) is 12.3 Å². The van der Waals surface area contributed by atoms with Gasteiger partial charge < -0.3 is 15.0 Å². The molecule has 0 aliphatic heterocycles. The molecule has 0 aliphatic rings. The first-order valence-corrected chi connectivity index (χ1v) is 12.9. The van der Waals surface area contributed by atoms with Crippen molar-refractivity contribution in [3.8, 4) is 0 Å². The van der Waals surface area contributed by atoms with Crippen LogP contribution in [0.3, 0.4) is 0 Å². The van der Waals surface area contributed by atoms with Crippen molar-refractivity contribution in [2.45, 2.75) is 58.5 Å². The summed E-state index contributed by atoms with van der Waals surface area (Å²) < 4.78 is 2.27. The monoisotopic (exact) mass is 570 g/mol. The molecule has 1 atom stereocenters. The summed E-state index contributed by atoms with van der Waals surface area (Å²) in [5, 5.41) is 21.3. The summed E-state index contributed by atoms with van der Waals surface area (Å²) in [6.07, 6.45) is 4.37. The summed E-state index contributed by atoms with van der Waals surface area (Å²) in [6, 6.07) is 12.1. The molecule has 196 valence electrons. The number of rotatable bonds is 12. The number of aromatic nitrogens is 2. The van der Waals surface area contributed by atoms with Gasteiger partial charge in [0.2, 0.25) is 5.91 Å². The van der Waals surface area contributed by atoms with Crippen LogP contribution >= 0.6 is 15.9 Å². The lowest BCUT2D eigenvalue weighted by molar-refractivity contribution is -0.129. The maximum atomic E-state index is 13.5. The minimum atomic E-state index is -1.03. The van der Waals surface area contributed by atoms with E-state index in [0.717, 1.165) is 35.4 Å². The fraction of sp³-hybridized carbons (Fsp3) is 0.333. The molecule has 0 saturated carbocycles. The summed E-state index contributed by atoms with van der Waals surface area (Å²) in [6.45, 7) is 4.36. The Morgan fingerprint density at radius 2 is 1.92 bits per heavy atom. The van der Waals surface area contributed by atoms with Crippen LogP contribution in [0.4, 0.5) is 0 Å². The second-order valence-corrected chi connectivity index (χ2v) is 9.76. The zero-order chi connectivity index (χ0) is 26.9. The predicted molar refractivity (Wildman–Crippen MR) is 142 cm³/mol. The van der Waals surface area contributed by atoms with Crippen molar-refractivity contribution in [1.29, 1.82) is 0 Å². The van der Waals surface area contributed by atoms with Crippen molar-refractivity contribution in [1.82, 2.24) is 20.3 Å². The third-order valence-electron chi connectivity index (χ3n) is 6.15. The fourth-order valence-electron chi connectivity index (χ4n) is 4.13. The number of nitrogens with zero attached hydrogens (tertiary/aromatic N) is 2. The van der Waals surface area contributed by atoms with Gasteiger partial charge in [0.05, 0.1) is 11.8 Å². The lowest BCUT2D eigenvalue weighted by Crippen LogP contribution is -2.41. The number of hydrogen-bond acceptors (Lipinski definition) is 5. The third-order valence-corrected chi connectivity index (χ3v) is 6.80. The molecule has 0 unspecified atom stereocenters. The number of hydrogen-bond donors (Lipinski definition) is 4. The van der Waals surface area contributed by atoms with Gasteiger partial charge in [0.15, 0.2) is 0 Å². The Balaban J connectivity index is 1.90. The molecule has 0 fully saturated rings. The summed E-state index contributed by atoms with van der Waals surface area (Å²) in [5.74, 6) is -1.27. The van der Waals surface area contributed by atoms with E-state index < -0.39 is 17.9 Å². The van der Waals surface area contributed by atoms with Crippen molar-refractivity contribution < 1.29 is 24.7 Å². The first-order valence-electron chi connectivity index (χ1n) is 12.1. The number of nitrogens with one attached hydrogen (secondary N) is 2. The number of carboxylic acid groups (broad SMARTS) is 1. The van der Waals surface area contributed by atoms with Crippen LogP contribution < -0.4 is 10.8 Å². The molecule has 0 bridgehead atoms. The highest BCUT2D eigenvalue weighted by atomic mass is 79.9. The molecule has 1 heterocycles. The summed E-state index contributed by atoms with van der Waals surface area (Å²) in [4.78, 5) is 41.3. The van der Waals surface area contributed by atoms with Gasteiger partial charge in [0.1, 0.15) is 11.5 Å². The molecule has 3 aromatic rings. The lowest BCUT2D eigenvalue weighted by Gasteiger charge is -2.20. The minimum Gasteiger partial charge on any atom is -0.478 e. The smallest absolute Gasteiger partial charge is 0.336 e. The molecular formula is C27H31BrN4O5. The molecule has 9 nitrogen and oxygen atoms in total. The average Bonchev–Trinajstić information content (AvgIpc) is 3.26. The highest BCUT2D eigenvalue weighted by Crippen LogP contribution is 2.21. The normalized spacial score (nSPS) is 11.7. The summed E-state index contributed by atoms with van der Waals surface area (Å²) in [7, 11) is 0. The van der Waals surface area contributed by atoms with Crippen molar-refractivity contribution in [2.24, 2.45) is 0 Å². The number of aromatic carboxylic acids is 1. The van der Waals surface area contributed by atoms with Crippen LogP contribution in [0.25, 0.3) is 0 Å². The first-order chi connectivity index (χ1) is 17.7. The van der Waals surface area contributed by atoms with Crippen LogP contribution in [0.5, 0.6) is 0 Å². The largest absolute Gasteiger partial charge is 0.478 e. The van der Waals surface area contributed by atoms with Gasteiger partial charge in [-0.25, -0.2) is 15.3 Å². The van der Waals surface area contributed by atoms with Crippen LogP contribution in [0.1, 0.15) is 69.5 Å². The van der Waals surface area contributed by atoms with E-state index in [0.29, 0.717) is 29.6 Å². The Labute approximate surface area is 224 Å². The molecule has 1 aromatic heterocycles. The lowest BCUT2D eigenvalue weighted by atomic mass is 9.99. The minimum absolute atomic E-state index is 0.100. The average molecular weight is 571 g/mol. The first kappa shape index (κ1) is 28.1. The Morgan fingerprint density at radius 3 is 2.57 bits per heavy atom. The van der Waals surface area contributed by atoms with Gasteiger partial charge in [-0.05, 0) is 64.5 Å². The molecule has 0 radical (unpaired) electrons. The number of aryl methyl sites for hydroxylation is 2. The quantitative estimate of drug-likeness (QED) is 0.190. The number of imidazole rings is 1. The molecular weight excluding hydrogens is 540 g/mol. The number of amides is 2. The summed E-state index contributed by atoms with van der Waals surface area (Å²) in [5.41, 5.74) is 4.96. The van der Waals surface area contributed by atoms with Crippen LogP contribution in [0, 0.1) is 6.92 Å².